The third-order valence-corrected chi connectivity index (χ3v) is 5.86. The van der Waals surface area contributed by atoms with Gasteiger partial charge in [0.2, 0.25) is 0 Å². The molecule has 33 heavy (non-hydrogen) atoms. The van der Waals surface area contributed by atoms with E-state index in [1.54, 1.807) is 0 Å². The van der Waals surface area contributed by atoms with Gasteiger partial charge in [-0.1, -0.05) is 48.5 Å². The van der Waals surface area contributed by atoms with Crippen LogP contribution in [0.4, 0.5) is 14.6 Å². The lowest BCUT2D eigenvalue weighted by Crippen LogP contribution is -2.36. The van der Waals surface area contributed by atoms with E-state index in [1.165, 1.54) is 11.0 Å². The Hall–Kier alpha value is -3.87. The summed E-state index contributed by atoms with van der Waals surface area (Å²) in [6, 6.07) is 21.1. The summed E-state index contributed by atoms with van der Waals surface area (Å²) < 4.78 is 28.3. The molecule has 7 heteroatoms. The number of hydrogen-bond acceptors (Lipinski definition) is 4. The van der Waals surface area contributed by atoms with Crippen molar-refractivity contribution in [3.8, 4) is 11.3 Å². The van der Waals surface area contributed by atoms with Crippen LogP contribution in [0, 0.1) is 11.6 Å². The quantitative estimate of drug-likeness (QED) is 0.450. The molecule has 0 N–H and O–H groups in total. The number of fused-ring (bicyclic) bond motifs is 1. The Morgan fingerprint density at radius 2 is 1.39 bits per heavy atom. The third-order valence-electron chi connectivity index (χ3n) is 5.86. The lowest BCUT2D eigenvalue weighted by molar-refractivity contribution is 0.0757. The average Bonchev–Trinajstić information content (AvgIpc) is 3.10. The monoisotopic (exact) mass is 444 g/mol. The minimum Gasteiger partial charge on any atom is -0.353 e. The van der Waals surface area contributed by atoms with Gasteiger partial charge in [-0.25, -0.2) is 18.7 Å². The molecule has 0 bridgehead atoms. The second-order valence-corrected chi connectivity index (χ2v) is 7.98. The number of rotatable bonds is 3. The van der Waals surface area contributed by atoms with Gasteiger partial charge >= 0.3 is 0 Å². The van der Waals surface area contributed by atoms with Crippen molar-refractivity contribution >= 4 is 22.8 Å². The number of amides is 1. The minimum absolute atomic E-state index is 0.329. The molecule has 1 aromatic heterocycles. The number of para-hydroxylation sites is 2. The van der Waals surface area contributed by atoms with Crippen LogP contribution >= 0.6 is 0 Å². The first-order valence-corrected chi connectivity index (χ1v) is 10.9. The molecule has 4 aromatic rings. The van der Waals surface area contributed by atoms with E-state index in [0.29, 0.717) is 32.6 Å². The summed E-state index contributed by atoms with van der Waals surface area (Å²) in [5, 5.41) is 0. The number of hydrogen-bond donors (Lipinski definition) is 0. The van der Waals surface area contributed by atoms with Crippen LogP contribution in [-0.2, 0) is 0 Å². The molecule has 0 radical (unpaired) electrons. The van der Waals surface area contributed by atoms with Crippen LogP contribution in [0.25, 0.3) is 22.3 Å². The molecule has 5 rings (SSSR count). The highest BCUT2D eigenvalue weighted by atomic mass is 19.1. The number of anilines is 1. The fourth-order valence-electron chi connectivity index (χ4n) is 4.19. The fraction of sp³-hybridized carbons (Fsp3) is 0.192. The zero-order valence-electron chi connectivity index (χ0n) is 17.9. The molecule has 2 heterocycles. The van der Waals surface area contributed by atoms with E-state index >= 15 is 0 Å². The normalized spacial score (nSPS) is 14.4. The summed E-state index contributed by atoms with van der Waals surface area (Å²) in [5.74, 6) is -1.56. The Labute approximate surface area is 190 Å². The highest BCUT2D eigenvalue weighted by Gasteiger charge is 2.27. The van der Waals surface area contributed by atoms with E-state index in [2.05, 4.69) is 4.90 Å². The highest BCUT2D eigenvalue weighted by molar-refractivity contribution is 5.95. The molecular weight excluding hydrogens is 422 g/mol. The van der Waals surface area contributed by atoms with Gasteiger partial charge in [-0.05, 0) is 30.7 Å². The molecule has 3 aromatic carbocycles. The first kappa shape index (κ1) is 21.0. The van der Waals surface area contributed by atoms with E-state index < -0.39 is 23.1 Å². The van der Waals surface area contributed by atoms with Gasteiger partial charge in [-0.3, -0.25) is 4.79 Å². The van der Waals surface area contributed by atoms with Gasteiger partial charge in [0.1, 0.15) is 22.9 Å². The molecule has 5 nitrogen and oxygen atoms in total. The molecule has 166 valence electrons. The van der Waals surface area contributed by atoms with Crippen molar-refractivity contribution in [2.75, 3.05) is 31.1 Å². The minimum atomic E-state index is -0.840. The molecule has 1 saturated heterocycles. The van der Waals surface area contributed by atoms with Gasteiger partial charge in [-0.15, -0.1) is 0 Å². The predicted octanol–water partition coefficient (Wildman–Crippen LogP) is 4.93. The first-order chi connectivity index (χ1) is 16.1. The lowest BCUT2D eigenvalue weighted by atomic mass is 10.1. The SMILES string of the molecule is O=C(c1c(F)cccc1F)N1CCCN(c2nc3ccccc3nc2-c2ccccc2)CC1. The van der Waals surface area contributed by atoms with Gasteiger partial charge in [0, 0.05) is 31.7 Å². The van der Waals surface area contributed by atoms with Crippen LogP contribution in [0.1, 0.15) is 16.8 Å². The van der Waals surface area contributed by atoms with Crippen LogP contribution in [0.3, 0.4) is 0 Å². The van der Waals surface area contributed by atoms with Crippen LogP contribution in [-0.4, -0.2) is 47.0 Å². The Balaban J connectivity index is 1.47. The lowest BCUT2D eigenvalue weighted by Gasteiger charge is -2.25. The summed E-state index contributed by atoms with van der Waals surface area (Å²) in [7, 11) is 0. The first-order valence-electron chi connectivity index (χ1n) is 10.9. The molecule has 1 fully saturated rings. The number of carbonyl (C=O) groups excluding carboxylic acids is 1. The largest absolute Gasteiger partial charge is 0.353 e. The van der Waals surface area contributed by atoms with Crippen molar-refractivity contribution in [3.05, 3.63) is 90.0 Å². The van der Waals surface area contributed by atoms with E-state index in [-0.39, 0.29) is 0 Å². The molecule has 0 aliphatic carbocycles. The summed E-state index contributed by atoms with van der Waals surface area (Å²) in [6.07, 6.45) is 0.643. The van der Waals surface area contributed by atoms with Crippen molar-refractivity contribution in [2.45, 2.75) is 6.42 Å². The topological polar surface area (TPSA) is 49.3 Å². The second-order valence-electron chi connectivity index (χ2n) is 7.98. The fourth-order valence-corrected chi connectivity index (χ4v) is 4.19. The molecule has 1 aliphatic rings. The Bertz CT molecular complexity index is 1290. The summed E-state index contributed by atoms with van der Waals surface area (Å²) in [5.41, 5.74) is 2.83. The van der Waals surface area contributed by atoms with Crippen molar-refractivity contribution in [1.29, 1.82) is 0 Å². The average molecular weight is 444 g/mol. The van der Waals surface area contributed by atoms with Crippen molar-refractivity contribution in [3.63, 3.8) is 0 Å². The summed E-state index contributed by atoms with van der Waals surface area (Å²) >= 11 is 0. The van der Waals surface area contributed by atoms with Gasteiger partial charge in [0.15, 0.2) is 5.82 Å². The predicted molar refractivity (Wildman–Crippen MR) is 124 cm³/mol. The van der Waals surface area contributed by atoms with Crippen molar-refractivity contribution in [2.24, 2.45) is 0 Å². The second kappa shape index (κ2) is 8.94. The van der Waals surface area contributed by atoms with E-state index in [4.69, 9.17) is 9.97 Å². The number of aromatic nitrogens is 2. The third kappa shape index (κ3) is 4.14. The van der Waals surface area contributed by atoms with E-state index in [0.717, 1.165) is 40.2 Å². The van der Waals surface area contributed by atoms with Crippen LogP contribution in [0.5, 0.6) is 0 Å². The van der Waals surface area contributed by atoms with Gasteiger partial charge < -0.3 is 9.80 Å². The maximum atomic E-state index is 14.2. The van der Waals surface area contributed by atoms with Gasteiger partial charge in [0.25, 0.3) is 5.91 Å². The van der Waals surface area contributed by atoms with E-state index in [1.807, 2.05) is 54.6 Å². The number of benzene rings is 3. The molecule has 1 aliphatic heterocycles. The molecule has 0 saturated carbocycles. The molecule has 0 unspecified atom stereocenters. The number of carbonyl (C=O) groups is 1. The zero-order valence-corrected chi connectivity index (χ0v) is 17.9. The maximum Gasteiger partial charge on any atom is 0.259 e. The number of nitrogens with zero attached hydrogens (tertiary/aromatic N) is 4. The molecule has 0 spiro atoms. The van der Waals surface area contributed by atoms with Crippen molar-refractivity contribution in [1.82, 2.24) is 14.9 Å². The standard InChI is InChI=1S/C26H22F2N4O/c27-19-10-6-11-20(28)23(19)26(33)32-15-7-14-31(16-17-32)25-24(18-8-2-1-3-9-18)29-21-12-4-5-13-22(21)30-25/h1-6,8-13H,7,14-17H2. The summed E-state index contributed by atoms with van der Waals surface area (Å²) in [6.45, 7) is 1.87. The van der Waals surface area contributed by atoms with Gasteiger partial charge in [-0.2, -0.15) is 0 Å². The molecular formula is C26H22F2N4O. The molecule has 0 atom stereocenters. The van der Waals surface area contributed by atoms with Crippen molar-refractivity contribution < 1.29 is 13.6 Å². The molecule has 1 amide bonds. The zero-order chi connectivity index (χ0) is 22.8. The summed E-state index contributed by atoms with van der Waals surface area (Å²) in [4.78, 5) is 26.3. The van der Waals surface area contributed by atoms with E-state index in [9.17, 15) is 13.6 Å². The Morgan fingerprint density at radius 1 is 0.727 bits per heavy atom. The van der Waals surface area contributed by atoms with Gasteiger partial charge in [0.05, 0.1) is 11.0 Å². The maximum absolute atomic E-state index is 14.2. The van der Waals surface area contributed by atoms with Crippen LogP contribution < -0.4 is 4.90 Å². The Kier molecular flexibility index (Phi) is 5.69. The van der Waals surface area contributed by atoms with Crippen LogP contribution in [0.2, 0.25) is 0 Å². The number of halogens is 2. The Morgan fingerprint density at radius 3 is 2.12 bits per heavy atom. The van der Waals surface area contributed by atoms with Crippen LogP contribution in [0.15, 0.2) is 72.8 Å². The highest BCUT2D eigenvalue weighted by Crippen LogP contribution is 2.30. The smallest absolute Gasteiger partial charge is 0.259 e.